The molecular formula is C30H36N6O9. The summed E-state index contributed by atoms with van der Waals surface area (Å²) in [5.41, 5.74) is 10.6. The number of amides is 3. The van der Waals surface area contributed by atoms with E-state index in [2.05, 4.69) is 0 Å². The van der Waals surface area contributed by atoms with Crippen molar-refractivity contribution in [2.24, 2.45) is 17.5 Å². The smallest absolute Gasteiger partial charge is 0.271 e. The predicted octanol–water partition coefficient (Wildman–Crippen LogP) is 0.0324. The highest BCUT2D eigenvalue weighted by Gasteiger charge is 2.28. The van der Waals surface area contributed by atoms with Crippen LogP contribution < -0.4 is 52.8 Å². The van der Waals surface area contributed by atoms with Crippen molar-refractivity contribution >= 4 is 17.7 Å². The summed E-state index contributed by atoms with van der Waals surface area (Å²) in [5, 5.41) is 0. The Morgan fingerprint density at radius 1 is 0.667 bits per heavy atom. The van der Waals surface area contributed by atoms with Gasteiger partial charge in [-0.1, -0.05) is 11.6 Å². The first-order valence-corrected chi connectivity index (χ1v) is 13.7. The summed E-state index contributed by atoms with van der Waals surface area (Å²) in [7, 11) is 4.51. The zero-order chi connectivity index (χ0) is 32.5. The van der Waals surface area contributed by atoms with E-state index in [1.807, 2.05) is 52.7 Å². The molecule has 2 aliphatic rings. The molecule has 0 spiro atoms. The second-order valence-electron chi connectivity index (χ2n) is 9.88. The van der Waals surface area contributed by atoms with Gasteiger partial charge in [0.1, 0.15) is 0 Å². The quantitative estimate of drug-likeness (QED) is 0.105. The van der Waals surface area contributed by atoms with Gasteiger partial charge in [0.2, 0.25) is 0 Å². The molecule has 4 rings (SSSR count). The second kappa shape index (κ2) is 15.0. The molecule has 240 valence electrons. The first-order valence-electron chi connectivity index (χ1n) is 13.7. The first-order chi connectivity index (χ1) is 21.7. The lowest BCUT2D eigenvalue weighted by molar-refractivity contribution is -0.124. The van der Waals surface area contributed by atoms with Crippen LogP contribution in [0, 0.1) is 0 Å². The largest absolute Gasteiger partial charge is 0.493 e. The van der Waals surface area contributed by atoms with Crippen molar-refractivity contribution in [2.45, 2.75) is 18.8 Å². The van der Waals surface area contributed by atoms with E-state index in [0.29, 0.717) is 47.4 Å². The van der Waals surface area contributed by atoms with Crippen LogP contribution in [0.1, 0.15) is 28.2 Å². The highest BCUT2D eigenvalue weighted by Crippen LogP contribution is 2.44. The number of ether oxygens (including phenoxy) is 6. The zero-order valence-electron chi connectivity index (χ0n) is 25.1. The van der Waals surface area contributed by atoms with Crippen molar-refractivity contribution in [3.8, 4) is 23.0 Å². The van der Waals surface area contributed by atoms with Gasteiger partial charge in [-0.2, -0.15) is 0 Å². The minimum atomic E-state index is -0.515. The first kappa shape index (κ1) is 32.7. The molecule has 0 bridgehead atoms. The molecule has 1 unspecified atom stereocenters. The van der Waals surface area contributed by atoms with Gasteiger partial charge in [-0.25, -0.2) is 17.5 Å². The van der Waals surface area contributed by atoms with Crippen molar-refractivity contribution in [1.82, 2.24) is 16.3 Å². The van der Waals surface area contributed by atoms with Crippen LogP contribution in [0.25, 0.3) is 0 Å². The minimum absolute atomic E-state index is 0.312. The summed E-state index contributed by atoms with van der Waals surface area (Å²) in [4.78, 5) is 35.5. The molecule has 1 atom stereocenters. The van der Waals surface area contributed by atoms with Gasteiger partial charge in [-0.3, -0.25) is 30.7 Å². The van der Waals surface area contributed by atoms with Crippen LogP contribution in [-0.4, -0.2) is 58.9 Å². The Balaban J connectivity index is 1.89. The molecule has 0 aromatic heterocycles. The Morgan fingerprint density at radius 3 is 1.73 bits per heavy atom. The number of benzene rings is 2. The van der Waals surface area contributed by atoms with Crippen LogP contribution in [0.5, 0.6) is 23.0 Å². The highest BCUT2D eigenvalue weighted by atomic mass is 16.5. The van der Waals surface area contributed by atoms with E-state index in [-0.39, 0.29) is 25.7 Å². The Hall–Kier alpha value is -5.25. The Bertz CT molecular complexity index is 1550. The van der Waals surface area contributed by atoms with Crippen LogP contribution in [-0.2, 0) is 36.7 Å². The Labute approximate surface area is 259 Å². The summed E-state index contributed by atoms with van der Waals surface area (Å²) in [5.74, 6) is 16.1. The molecule has 0 heterocycles. The van der Waals surface area contributed by atoms with Crippen LogP contribution >= 0.6 is 0 Å². The minimum Gasteiger partial charge on any atom is -0.493 e. The molecule has 2 aromatic carbocycles. The number of hydrogen-bond donors (Lipinski definition) is 6. The zero-order valence-corrected chi connectivity index (χ0v) is 25.1. The molecule has 0 aliphatic heterocycles. The van der Waals surface area contributed by atoms with Gasteiger partial charge in [-0.05, 0) is 71.5 Å². The Kier molecular flexibility index (Phi) is 10.9. The van der Waals surface area contributed by atoms with Crippen molar-refractivity contribution in [3.05, 3.63) is 81.8 Å². The third kappa shape index (κ3) is 7.64. The molecule has 0 fully saturated rings. The molecule has 3 amide bonds. The molecule has 0 saturated carbocycles. The number of fused-ring (bicyclic) bond motifs is 4. The average Bonchev–Trinajstić information content (AvgIpc) is 3.23. The lowest BCUT2D eigenvalue weighted by Crippen LogP contribution is -2.34. The molecule has 0 radical (unpaired) electrons. The number of nitrogens with one attached hydrogen (secondary N) is 3. The summed E-state index contributed by atoms with van der Waals surface area (Å²) in [6.45, 7) is -0.953. The van der Waals surface area contributed by atoms with Gasteiger partial charge < -0.3 is 28.4 Å². The molecule has 15 heteroatoms. The van der Waals surface area contributed by atoms with E-state index < -0.39 is 17.7 Å². The van der Waals surface area contributed by atoms with Crippen molar-refractivity contribution in [2.75, 3.05) is 41.2 Å². The maximum atomic E-state index is 11.8. The van der Waals surface area contributed by atoms with Gasteiger partial charge in [0.15, 0.2) is 54.3 Å². The van der Waals surface area contributed by atoms with Crippen molar-refractivity contribution in [3.63, 3.8) is 0 Å². The summed E-state index contributed by atoms with van der Waals surface area (Å²) >= 11 is 0. The van der Waals surface area contributed by atoms with Gasteiger partial charge in [0.25, 0.3) is 17.7 Å². The molecule has 2 aromatic rings. The van der Waals surface area contributed by atoms with E-state index in [1.54, 1.807) is 6.08 Å². The summed E-state index contributed by atoms with van der Waals surface area (Å²) < 4.78 is 34.2. The number of rotatable bonds is 12. The average molecular weight is 625 g/mol. The van der Waals surface area contributed by atoms with Gasteiger partial charge in [-0.15, -0.1) is 0 Å². The molecule has 45 heavy (non-hydrogen) atoms. The number of carbonyl (C=O) groups is 3. The molecule has 2 aliphatic carbocycles. The number of methoxy groups -OCH3 is 3. The fourth-order valence-electron chi connectivity index (χ4n) is 5.02. The molecular weight excluding hydrogens is 588 g/mol. The van der Waals surface area contributed by atoms with Crippen LogP contribution in [0.3, 0.4) is 0 Å². The summed E-state index contributed by atoms with van der Waals surface area (Å²) in [6, 6.07) is 7.35. The third-order valence-electron chi connectivity index (χ3n) is 7.20. The van der Waals surface area contributed by atoms with Crippen molar-refractivity contribution < 1.29 is 42.8 Å². The fourth-order valence-corrected chi connectivity index (χ4v) is 5.02. The lowest BCUT2D eigenvalue weighted by atomic mass is 9.79. The third-order valence-corrected chi connectivity index (χ3v) is 7.20. The van der Waals surface area contributed by atoms with E-state index in [1.165, 1.54) is 21.3 Å². The number of nitrogens with two attached hydrogens (primary N) is 3. The molecule has 9 N–H and O–H groups in total. The number of hydrogen-bond acceptors (Lipinski definition) is 12. The standard InChI is InChI=1S/C30H36N6O9/c1-40-23-10-18-6-17-9-26(44-14-29(38)35-32)24(41-2)8-16(17)7-19-11-27(45-15-30(39)36-33)25(42-3)12-21(19)20(18)4-5-22(23)43-13-28(37)34-31/h4-5,8-12,20H,6-7,13-15,31-33H2,1-3H3,(H,34,37)(H,35,38)(H,36,39). The lowest BCUT2D eigenvalue weighted by Gasteiger charge is -2.27. The van der Waals surface area contributed by atoms with E-state index in [9.17, 15) is 14.4 Å². The maximum absolute atomic E-state index is 11.8. The predicted molar refractivity (Wildman–Crippen MR) is 160 cm³/mol. The number of allylic oxidation sites excluding steroid dienone is 4. The molecule has 0 saturated heterocycles. The van der Waals surface area contributed by atoms with E-state index in [4.69, 9.17) is 45.9 Å². The van der Waals surface area contributed by atoms with Crippen LogP contribution in [0.4, 0.5) is 0 Å². The number of carbonyl (C=O) groups excluding carboxylic acids is 3. The van der Waals surface area contributed by atoms with Gasteiger partial charge >= 0.3 is 0 Å². The topological polar surface area (TPSA) is 221 Å². The second-order valence-corrected chi connectivity index (χ2v) is 9.88. The number of hydrazine groups is 3. The normalized spacial score (nSPS) is 15.0. The van der Waals surface area contributed by atoms with Gasteiger partial charge in [0.05, 0.1) is 21.3 Å². The van der Waals surface area contributed by atoms with E-state index in [0.717, 1.165) is 27.8 Å². The maximum Gasteiger partial charge on any atom is 0.271 e. The molecule has 15 nitrogen and oxygen atoms in total. The fraction of sp³-hybridized carbons (Fsp3) is 0.300. The van der Waals surface area contributed by atoms with Crippen molar-refractivity contribution in [1.29, 1.82) is 0 Å². The Morgan fingerprint density at radius 2 is 1.18 bits per heavy atom. The monoisotopic (exact) mass is 624 g/mol. The van der Waals surface area contributed by atoms with Gasteiger partial charge in [0, 0.05) is 5.92 Å². The van der Waals surface area contributed by atoms with E-state index >= 15 is 0 Å². The SMILES string of the molecule is COC1=C(OCC(=O)NN)C=CC2C(=C1)Cc1cc(OCC(=O)NN)c(OC)cc1Cc1cc(OCC(=O)NN)c(OC)cc12. The van der Waals surface area contributed by atoms with Crippen LogP contribution in [0.15, 0.2) is 59.6 Å². The van der Waals surface area contributed by atoms with Crippen LogP contribution in [0.2, 0.25) is 0 Å². The summed E-state index contributed by atoms with van der Waals surface area (Å²) in [6.07, 6.45) is 6.41. The highest BCUT2D eigenvalue weighted by molar-refractivity contribution is 5.77.